The predicted molar refractivity (Wildman–Crippen MR) is 89.7 cm³/mol. The van der Waals surface area contributed by atoms with Crippen molar-refractivity contribution in [2.45, 2.75) is 32.5 Å². The molecule has 24 heavy (non-hydrogen) atoms. The maximum atomic E-state index is 11.8. The summed E-state index contributed by atoms with van der Waals surface area (Å²) >= 11 is 6.22. The molecule has 0 unspecified atom stereocenters. The van der Waals surface area contributed by atoms with Crippen LogP contribution in [0.1, 0.15) is 32.4 Å². The fourth-order valence-corrected chi connectivity index (χ4v) is 2.67. The highest BCUT2D eigenvalue weighted by Gasteiger charge is 2.40. The minimum atomic E-state index is -1.22. The Hall–Kier alpha value is -1.48. The van der Waals surface area contributed by atoms with E-state index in [1.165, 1.54) is 0 Å². The molecule has 1 heterocycles. The molecule has 1 aromatic carbocycles. The Balaban J connectivity index is 2.13. The van der Waals surface area contributed by atoms with E-state index in [1.807, 2.05) is 0 Å². The zero-order valence-electron chi connectivity index (χ0n) is 13.8. The summed E-state index contributed by atoms with van der Waals surface area (Å²) in [6.07, 6.45) is -1.22. The van der Waals surface area contributed by atoms with Crippen LogP contribution < -0.4 is 15.5 Å². The molecule has 0 spiro atoms. The van der Waals surface area contributed by atoms with Gasteiger partial charge in [-0.05, 0) is 32.9 Å². The van der Waals surface area contributed by atoms with Crippen molar-refractivity contribution in [3.05, 3.63) is 22.7 Å². The minimum absolute atomic E-state index is 0.0849. The highest BCUT2D eigenvalue weighted by molar-refractivity contribution is 6.63. The predicted octanol–water partition coefficient (Wildman–Crippen LogP) is 0.995. The summed E-state index contributed by atoms with van der Waals surface area (Å²) in [5.74, 6) is 0.385. The molecule has 7 nitrogen and oxygen atoms in total. The second kappa shape index (κ2) is 7.61. The summed E-state index contributed by atoms with van der Waals surface area (Å²) in [5.41, 5.74) is 0.351. The number of nitrogens with one attached hydrogen (secondary N) is 1. The average molecular weight is 358 g/mol. The molecule has 2 rings (SSSR count). The van der Waals surface area contributed by atoms with Gasteiger partial charge < -0.3 is 29.6 Å². The van der Waals surface area contributed by atoms with Crippen molar-refractivity contribution in [3.8, 4) is 5.75 Å². The highest BCUT2D eigenvalue weighted by atomic mass is 35.5. The number of aliphatic hydroxyl groups excluding tert-OH is 1. The number of carbonyl (C=O) groups excluding carboxylic acids is 1. The number of amides is 1. The van der Waals surface area contributed by atoms with Gasteiger partial charge in [-0.3, -0.25) is 0 Å². The van der Waals surface area contributed by atoms with Crippen LogP contribution in [0.25, 0.3) is 0 Å². The van der Waals surface area contributed by atoms with E-state index < -0.39 is 24.9 Å². The molecule has 1 amide bonds. The molecule has 0 saturated heterocycles. The Morgan fingerprint density at radius 3 is 2.79 bits per heavy atom. The summed E-state index contributed by atoms with van der Waals surface area (Å²) in [5, 5.41) is 22.0. The summed E-state index contributed by atoms with van der Waals surface area (Å²) in [4.78, 5) is 11.8. The van der Waals surface area contributed by atoms with Gasteiger partial charge in [0, 0.05) is 22.6 Å². The summed E-state index contributed by atoms with van der Waals surface area (Å²) in [6, 6.07) is 3.22. The first-order valence-corrected chi connectivity index (χ1v) is 7.97. The molecular formula is C15H21BClNO6. The van der Waals surface area contributed by atoms with Crippen LogP contribution in [0.5, 0.6) is 5.75 Å². The molecule has 132 valence electrons. The van der Waals surface area contributed by atoms with Crippen LogP contribution in [0.15, 0.2) is 12.1 Å². The first-order chi connectivity index (χ1) is 11.2. The topological polar surface area (TPSA) is 97.3 Å². The Morgan fingerprint density at radius 1 is 1.46 bits per heavy atom. The average Bonchev–Trinajstić information content (AvgIpc) is 2.81. The zero-order valence-corrected chi connectivity index (χ0v) is 14.6. The van der Waals surface area contributed by atoms with E-state index in [0.717, 1.165) is 0 Å². The van der Waals surface area contributed by atoms with Crippen molar-refractivity contribution in [1.82, 2.24) is 5.32 Å². The van der Waals surface area contributed by atoms with Gasteiger partial charge in [0.25, 0.3) is 0 Å². The third-order valence-electron chi connectivity index (χ3n) is 3.24. The van der Waals surface area contributed by atoms with E-state index in [4.69, 9.17) is 30.8 Å². The second-order valence-electron chi connectivity index (χ2n) is 6.30. The monoisotopic (exact) mass is 357 g/mol. The molecule has 0 aliphatic carbocycles. The molecule has 1 aromatic rings. The number of alkyl carbamates (subject to hydrolysis) is 1. The van der Waals surface area contributed by atoms with E-state index in [0.29, 0.717) is 21.8 Å². The van der Waals surface area contributed by atoms with Gasteiger partial charge in [0.2, 0.25) is 0 Å². The van der Waals surface area contributed by atoms with Gasteiger partial charge in [-0.25, -0.2) is 4.79 Å². The van der Waals surface area contributed by atoms with Gasteiger partial charge in [-0.2, -0.15) is 0 Å². The molecule has 0 radical (unpaired) electrons. The van der Waals surface area contributed by atoms with E-state index in [-0.39, 0.29) is 19.8 Å². The van der Waals surface area contributed by atoms with Crippen LogP contribution in [0.4, 0.5) is 4.79 Å². The number of ether oxygens (including phenoxy) is 2. The van der Waals surface area contributed by atoms with Crippen LogP contribution in [0.3, 0.4) is 0 Å². The normalized spacial score (nSPS) is 16.8. The number of halogens is 1. The lowest BCUT2D eigenvalue weighted by Gasteiger charge is -2.21. The Morgan fingerprint density at radius 2 is 2.17 bits per heavy atom. The van der Waals surface area contributed by atoms with E-state index >= 15 is 0 Å². The fourth-order valence-electron chi connectivity index (χ4n) is 2.39. The largest absolute Gasteiger partial charge is 0.495 e. The highest BCUT2D eigenvalue weighted by Crippen LogP contribution is 2.33. The molecule has 1 aliphatic heterocycles. The van der Waals surface area contributed by atoms with Crippen LogP contribution in [-0.4, -0.2) is 48.7 Å². The Labute approximate surface area is 146 Å². The van der Waals surface area contributed by atoms with Gasteiger partial charge in [0.1, 0.15) is 18.0 Å². The van der Waals surface area contributed by atoms with Gasteiger partial charge >= 0.3 is 13.2 Å². The lowest BCUT2D eigenvalue weighted by Crippen LogP contribution is -2.35. The smallest absolute Gasteiger partial charge is 0.492 e. The van der Waals surface area contributed by atoms with Gasteiger partial charge in [0.15, 0.2) is 0 Å². The van der Waals surface area contributed by atoms with Crippen molar-refractivity contribution < 1.29 is 29.1 Å². The maximum Gasteiger partial charge on any atom is 0.495 e. The van der Waals surface area contributed by atoms with Gasteiger partial charge in [-0.15, -0.1) is 0 Å². The molecule has 1 atom stereocenters. The third-order valence-corrected chi connectivity index (χ3v) is 3.57. The molecule has 0 fully saturated rings. The van der Waals surface area contributed by atoms with Crippen LogP contribution in [-0.2, 0) is 9.39 Å². The molecule has 9 heteroatoms. The molecule has 1 aliphatic rings. The first-order valence-electron chi connectivity index (χ1n) is 7.59. The Kier molecular flexibility index (Phi) is 5.98. The quantitative estimate of drug-likeness (QED) is 0.680. The number of benzene rings is 1. The summed E-state index contributed by atoms with van der Waals surface area (Å²) in [7, 11) is -1.22. The molecular weight excluding hydrogens is 336 g/mol. The number of hydrogen-bond acceptors (Lipinski definition) is 6. The first kappa shape index (κ1) is 18.9. The van der Waals surface area contributed by atoms with Crippen molar-refractivity contribution in [1.29, 1.82) is 0 Å². The zero-order chi connectivity index (χ0) is 17.9. The maximum absolute atomic E-state index is 11.8. The number of aliphatic hydroxyl groups is 1. The standard InChI is InChI=1S/C15H21BClNO6/c1-15(2,3)23-14(20)18-8-11-12-9(17)4-5-10(22-7-6-19)13(12)16(21)24-11/h4-5,11,19,21H,6-8H2,1-3H3,(H,18,20)/t11-/m1/s1. The van der Waals surface area contributed by atoms with Gasteiger partial charge in [0.05, 0.1) is 12.7 Å². The lowest BCUT2D eigenvalue weighted by molar-refractivity contribution is 0.0498. The summed E-state index contributed by atoms with van der Waals surface area (Å²) in [6.45, 7) is 5.31. The van der Waals surface area contributed by atoms with Crippen LogP contribution in [0.2, 0.25) is 5.02 Å². The van der Waals surface area contributed by atoms with Gasteiger partial charge in [-0.1, -0.05) is 11.6 Å². The number of rotatable bonds is 5. The van der Waals surface area contributed by atoms with Crippen LogP contribution in [0, 0.1) is 0 Å². The van der Waals surface area contributed by atoms with E-state index in [1.54, 1.807) is 32.9 Å². The number of fused-ring (bicyclic) bond motifs is 1. The SMILES string of the molecule is CC(C)(C)OC(=O)NC[C@H]1OB(O)c2c(OCCO)ccc(Cl)c21. The number of carbonyl (C=O) groups is 1. The molecule has 0 saturated carbocycles. The third kappa shape index (κ3) is 4.54. The summed E-state index contributed by atoms with van der Waals surface area (Å²) < 4.78 is 16.0. The second-order valence-corrected chi connectivity index (χ2v) is 6.71. The van der Waals surface area contributed by atoms with Crippen LogP contribution >= 0.6 is 11.6 Å². The van der Waals surface area contributed by atoms with Crippen molar-refractivity contribution >= 4 is 30.3 Å². The van der Waals surface area contributed by atoms with Crippen molar-refractivity contribution in [3.63, 3.8) is 0 Å². The molecule has 3 N–H and O–H groups in total. The van der Waals surface area contributed by atoms with E-state index in [9.17, 15) is 9.82 Å². The molecule has 0 bridgehead atoms. The lowest BCUT2D eigenvalue weighted by atomic mass is 9.78. The fraction of sp³-hybridized carbons (Fsp3) is 0.533. The minimum Gasteiger partial charge on any atom is -0.492 e. The van der Waals surface area contributed by atoms with Crippen molar-refractivity contribution in [2.75, 3.05) is 19.8 Å². The Bertz CT molecular complexity index is 606. The van der Waals surface area contributed by atoms with Crippen molar-refractivity contribution in [2.24, 2.45) is 0 Å². The number of hydrogen-bond donors (Lipinski definition) is 3. The van der Waals surface area contributed by atoms with E-state index in [2.05, 4.69) is 5.32 Å². The molecule has 0 aromatic heterocycles.